The Morgan fingerprint density at radius 3 is 2.33 bits per heavy atom. The Morgan fingerprint density at radius 2 is 1.93 bits per heavy atom. The van der Waals surface area contributed by atoms with Gasteiger partial charge in [-0.1, -0.05) is 31.9 Å². The van der Waals surface area contributed by atoms with Crippen LogP contribution in [0.15, 0.2) is 16.6 Å². The predicted molar refractivity (Wildman–Crippen MR) is 58.3 cm³/mol. The van der Waals surface area contributed by atoms with E-state index in [1.54, 1.807) is 0 Å². The van der Waals surface area contributed by atoms with Gasteiger partial charge in [0, 0.05) is 9.80 Å². The second-order valence-electron chi connectivity index (χ2n) is 2.77. The monoisotopic (exact) mass is 346 g/mol. The molecule has 0 bridgehead atoms. The van der Waals surface area contributed by atoms with Gasteiger partial charge in [0.25, 0.3) is 0 Å². The number of methoxy groups -OCH3 is 1. The fourth-order valence-electron chi connectivity index (χ4n) is 1.12. The van der Waals surface area contributed by atoms with Gasteiger partial charge in [0.05, 0.1) is 12.7 Å². The van der Waals surface area contributed by atoms with Crippen LogP contribution < -0.4 is 4.74 Å². The lowest BCUT2D eigenvalue weighted by Gasteiger charge is -2.14. The van der Waals surface area contributed by atoms with E-state index in [1.807, 2.05) is 0 Å². The summed E-state index contributed by atoms with van der Waals surface area (Å²) in [5, 5.41) is 0.131. The van der Waals surface area contributed by atoms with Crippen molar-refractivity contribution in [1.29, 1.82) is 0 Å². The molecule has 0 heterocycles. The Labute approximate surface area is 102 Å². The van der Waals surface area contributed by atoms with Gasteiger partial charge in [-0.2, -0.15) is 13.2 Å². The van der Waals surface area contributed by atoms with Crippen LogP contribution >= 0.6 is 31.9 Å². The van der Waals surface area contributed by atoms with E-state index in [0.717, 1.165) is 6.07 Å². The number of alkyl halides is 4. The summed E-state index contributed by atoms with van der Waals surface area (Å²) in [6.07, 6.45) is -4.37. The molecular formula is C9H7Br2F3O. The van der Waals surface area contributed by atoms with Crippen molar-refractivity contribution in [2.24, 2.45) is 0 Å². The van der Waals surface area contributed by atoms with Gasteiger partial charge >= 0.3 is 6.18 Å². The van der Waals surface area contributed by atoms with E-state index in [4.69, 9.17) is 4.74 Å². The molecule has 15 heavy (non-hydrogen) atoms. The Morgan fingerprint density at radius 1 is 1.33 bits per heavy atom. The lowest BCUT2D eigenvalue weighted by atomic mass is 10.1. The van der Waals surface area contributed by atoms with Crippen molar-refractivity contribution in [2.45, 2.75) is 11.5 Å². The third-order valence-electron chi connectivity index (χ3n) is 1.84. The smallest absolute Gasteiger partial charge is 0.416 e. The molecule has 1 aromatic carbocycles. The molecule has 0 N–H and O–H groups in total. The minimum Gasteiger partial charge on any atom is -0.497 e. The van der Waals surface area contributed by atoms with Crippen LogP contribution in [0.25, 0.3) is 0 Å². The highest BCUT2D eigenvalue weighted by Gasteiger charge is 2.34. The molecule has 6 heteroatoms. The molecule has 1 rings (SSSR count). The van der Waals surface area contributed by atoms with Gasteiger partial charge in [-0.05, 0) is 17.7 Å². The van der Waals surface area contributed by atoms with E-state index in [0.29, 0.717) is 4.47 Å². The lowest BCUT2D eigenvalue weighted by molar-refractivity contribution is -0.138. The van der Waals surface area contributed by atoms with Crippen LogP contribution in [0.2, 0.25) is 0 Å². The summed E-state index contributed by atoms with van der Waals surface area (Å²) >= 11 is 6.11. The maximum atomic E-state index is 12.6. The summed E-state index contributed by atoms with van der Waals surface area (Å²) in [5.41, 5.74) is -0.520. The number of halogens is 5. The number of rotatable bonds is 2. The van der Waals surface area contributed by atoms with E-state index in [1.165, 1.54) is 13.2 Å². The Kier molecular flexibility index (Phi) is 4.06. The third-order valence-corrected chi connectivity index (χ3v) is 3.11. The first-order chi connectivity index (χ1) is 6.90. The molecular weight excluding hydrogens is 341 g/mol. The van der Waals surface area contributed by atoms with Crippen molar-refractivity contribution in [3.63, 3.8) is 0 Å². The minimum atomic E-state index is -4.37. The van der Waals surface area contributed by atoms with Crippen molar-refractivity contribution in [3.8, 4) is 5.75 Å². The summed E-state index contributed by atoms with van der Waals surface area (Å²) in [6.45, 7) is 0. The van der Waals surface area contributed by atoms with Crippen molar-refractivity contribution >= 4 is 31.9 Å². The zero-order valence-electron chi connectivity index (χ0n) is 7.66. The van der Waals surface area contributed by atoms with Crippen molar-refractivity contribution < 1.29 is 17.9 Å². The molecule has 0 saturated heterocycles. The minimum absolute atomic E-state index is 0.131. The van der Waals surface area contributed by atoms with Gasteiger partial charge in [-0.15, -0.1) is 0 Å². The maximum absolute atomic E-state index is 12.6. The van der Waals surface area contributed by atoms with Gasteiger partial charge in [0.15, 0.2) is 0 Å². The lowest BCUT2D eigenvalue weighted by Crippen LogP contribution is -2.09. The summed E-state index contributed by atoms with van der Waals surface area (Å²) in [4.78, 5) is 0. The fraction of sp³-hybridized carbons (Fsp3) is 0.333. The van der Waals surface area contributed by atoms with Crippen molar-refractivity contribution in [1.82, 2.24) is 0 Å². The Bertz CT molecular complexity index is 363. The zero-order valence-corrected chi connectivity index (χ0v) is 10.8. The van der Waals surface area contributed by atoms with E-state index >= 15 is 0 Å². The summed E-state index contributed by atoms with van der Waals surface area (Å²) in [5.74, 6) is 0.180. The molecule has 0 aliphatic carbocycles. The van der Waals surface area contributed by atoms with Crippen molar-refractivity contribution in [3.05, 3.63) is 27.7 Å². The normalized spacial score (nSPS) is 11.6. The van der Waals surface area contributed by atoms with E-state index in [9.17, 15) is 13.2 Å². The highest BCUT2D eigenvalue weighted by atomic mass is 79.9. The van der Waals surface area contributed by atoms with Crippen molar-refractivity contribution in [2.75, 3.05) is 7.11 Å². The number of ether oxygens (including phenoxy) is 1. The van der Waals surface area contributed by atoms with E-state index in [-0.39, 0.29) is 16.6 Å². The van der Waals surface area contributed by atoms with Crippen LogP contribution in [0.3, 0.4) is 0 Å². The first-order valence-electron chi connectivity index (χ1n) is 3.89. The summed E-state index contributed by atoms with van der Waals surface area (Å²) < 4.78 is 43.1. The molecule has 0 amide bonds. The standard InChI is InChI=1S/C9H7Br2F3O/c1-15-5-2-7(9(12,13)14)6(4-10)8(11)3-5/h2-3H,4H2,1H3. The van der Waals surface area contributed by atoms with E-state index < -0.39 is 11.7 Å². The highest BCUT2D eigenvalue weighted by Crippen LogP contribution is 2.38. The van der Waals surface area contributed by atoms with Gasteiger partial charge in [0.2, 0.25) is 0 Å². The SMILES string of the molecule is COc1cc(Br)c(CBr)c(C(F)(F)F)c1. The molecule has 0 aliphatic rings. The molecule has 0 spiro atoms. The Balaban J connectivity index is 3.39. The fourth-order valence-corrected chi connectivity index (χ4v) is 2.68. The van der Waals surface area contributed by atoms with Crippen LogP contribution in [0.4, 0.5) is 13.2 Å². The number of hydrogen-bond acceptors (Lipinski definition) is 1. The molecule has 0 fully saturated rings. The Hall–Kier alpha value is -0.230. The van der Waals surface area contributed by atoms with Crippen LogP contribution in [-0.2, 0) is 11.5 Å². The second kappa shape index (κ2) is 4.74. The van der Waals surface area contributed by atoms with E-state index in [2.05, 4.69) is 31.9 Å². The molecule has 1 aromatic rings. The van der Waals surface area contributed by atoms with Gasteiger partial charge in [-0.3, -0.25) is 0 Å². The number of benzene rings is 1. The second-order valence-corrected chi connectivity index (χ2v) is 4.18. The molecule has 84 valence electrons. The highest BCUT2D eigenvalue weighted by molar-refractivity contribution is 9.10. The van der Waals surface area contributed by atoms with Gasteiger partial charge in [0.1, 0.15) is 5.75 Å². The topological polar surface area (TPSA) is 9.23 Å². The van der Waals surface area contributed by atoms with Crippen LogP contribution in [-0.4, -0.2) is 7.11 Å². The quantitative estimate of drug-likeness (QED) is 0.722. The molecule has 0 saturated carbocycles. The third kappa shape index (κ3) is 2.87. The molecule has 0 unspecified atom stereocenters. The van der Waals surface area contributed by atoms with Crippen LogP contribution in [0.5, 0.6) is 5.75 Å². The molecule has 0 atom stereocenters. The largest absolute Gasteiger partial charge is 0.497 e. The van der Waals surface area contributed by atoms with Gasteiger partial charge < -0.3 is 4.74 Å². The number of hydrogen-bond donors (Lipinski definition) is 0. The predicted octanol–water partition coefficient (Wildman–Crippen LogP) is 4.37. The summed E-state index contributed by atoms with van der Waals surface area (Å²) in [7, 11) is 1.33. The van der Waals surface area contributed by atoms with Crippen LogP contribution in [0.1, 0.15) is 11.1 Å². The summed E-state index contributed by atoms with van der Waals surface area (Å²) in [6, 6.07) is 2.49. The first kappa shape index (κ1) is 12.8. The molecule has 1 nitrogen and oxygen atoms in total. The molecule has 0 aromatic heterocycles. The first-order valence-corrected chi connectivity index (χ1v) is 5.81. The average Bonchev–Trinajstić information content (AvgIpc) is 2.15. The van der Waals surface area contributed by atoms with Crippen LogP contribution in [0, 0.1) is 0 Å². The maximum Gasteiger partial charge on any atom is 0.416 e. The average molecular weight is 348 g/mol. The van der Waals surface area contributed by atoms with Gasteiger partial charge in [-0.25, -0.2) is 0 Å². The zero-order chi connectivity index (χ0) is 11.6. The molecule has 0 radical (unpaired) electrons. The molecule has 0 aliphatic heterocycles.